The minimum Gasteiger partial charge on any atom is -0.300 e. The van der Waals surface area contributed by atoms with E-state index in [4.69, 9.17) is 0 Å². The van der Waals surface area contributed by atoms with Crippen LogP contribution in [-0.2, 0) is 13.1 Å². The Morgan fingerprint density at radius 2 is 2.21 bits per heavy atom. The second kappa shape index (κ2) is 3.53. The number of hydrogen-bond acceptors (Lipinski definition) is 2. The summed E-state index contributed by atoms with van der Waals surface area (Å²) in [5.41, 5.74) is 1.02. The number of nitrogens with zero attached hydrogens (tertiary/aromatic N) is 3. The highest BCUT2D eigenvalue weighted by atomic mass is 16.1. The van der Waals surface area contributed by atoms with Crippen molar-refractivity contribution in [1.29, 1.82) is 0 Å². The van der Waals surface area contributed by atoms with Gasteiger partial charge in [0.05, 0.1) is 12.7 Å². The summed E-state index contributed by atoms with van der Waals surface area (Å²) in [6.07, 6.45) is 7.09. The topological polar surface area (TPSA) is 55.6 Å². The molecule has 0 saturated heterocycles. The lowest BCUT2D eigenvalue weighted by molar-refractivity contribution is 0.668. The Morgan fingerprint density at radius 3 is 2.79 bits per heavy atom. The van der Waals surface area contributed by atoms with Crippen LogP contribution in [0, 0.1) is 0 Å². The molecule has 0 spiro atoms. The zero-order valence-corrected chi connectivity index (χ0v) is 7.97. The van der Waals surface area contributed by atoms with Crippen LogP contribution in [0.25, 0.3) is 0 Å². The van der Waals surface area contributed by atoms with Gasteiger partial charge in [-0.25, -0.2) is 4.79 Å². The molecule has 0 saturated carbocycles. The zero-order valence-electron chi connectivity index (χ0n) is 7.97. The molecule has 74 valence electrons. The summed E-state index contributed by atoms with van der Waals surface area (Å²) < 4.78 is 3.33. The molecule has 2 rings (SSSR count). The average molecular weight is 192 g/mol. The normalized spacial score (nSPS) is 10.6. The maximum atomic E-state index is 11.6. The SMILES string of the molecule is CCn1ccn(Cc2cn[nH]c2)c1=O. The molecule has 5 nitrogen and oxygen atoms in total. The van der Waals surface area contributed by atoms with Crippen LogP contribution in [0.4, 0.5) is 0 Å². The number of aromatic amines is 1. The predicted octanol–water partition coefficient (Wildman–Crippen LogP) is 0.441. The third-order valence-corrected chi connectivity index (χ3v) is 2.17. The van der Waals surface area contributed by atoms with Crippen molar-refractivity contribution >= 4 is 0 Å². The third-order valence-electron chi connectivity index (χ3n) is 2.17. The Morgan fingerprint density at radius 1 is 1.43 bits per heavy atom. The maximum Gasteiger partial charge on any atom is 0.328 e. The van der Waals surface area contributed by atoms with E-state index in [1.807, 2.05) is 6.92 Å². The standard InChI is InChI=1S/C9H12N4O/c1-2-12-3-4-13(9(12)14)7-8-5-10-11-6-8/h3-6H,2,7H2,1H3,(H,10,11). The lowest BCUT2D eigenvalue weighted by atomic mass is 10.4. The number of nitrogens with one attached hydrogen (secondary N) is 1. The summed E-state index contributed by atoms with van der Waals surface area (Å²) in [7, 11) is 0. The van der Waals surface area contributed by atoms with Gasteiger partial charge in [0.1, 0.15) is 0 Å². The van der Waals surface area contributed by atoms with Gasteiger partial charge in [-0.15, -0.1) is 0 Å². The van der Waals surface area contributed by atoms with Crippen molar-refractivity contribution in [2.45, 2.75) is 20.0 Å². The van der Waals surface area contributed by atoms with Gasteiger partial charge in [0.2, 0.25) is 0 Å². The molecule has 2 aromatic rings. The number of rotatable bonds is 3. The van der Waals surface area contributed by atoms with Gasteiger partial charge in [0.25, 0.3) is 0 Å². The Balaban J connectivity index is 2.26. The van der Waals surface area contributed by atoms with E-state index >= 15 is 0 Å². The van der Waals surface area contributed by atoms with E-state index in [0.29, 0.717) is 13.1 Å². The van der Waals surface area contributed by atoms with E-state index in [9.17, 15) is 4.79 Å². The smallest absolute Gasteiger partial charge is 0.300 e. The monoisotopic (exact) mass is 192 g/mol. The highest BCUT2D eigenvalue weighted by Gasteiger charge is 2.02. The van der Waals surface area contributed by atoms with Gasteiger partial charge in [0.15, 0.2) is 0 Å². The van der Waals surface area contributed by atoms with E-state index in [1.54, 1.807) is 33.9 Å². The summed E-state index contributed by atoms with van der Waals surface area (Å²) in [6.45, 7) is 3.23. The van der Waals surface area contributed by atoms with E-state index in [2.05, 4.69) is 10.2 Å². The summed E-state index contributed by atoms with van der Waals surface area (Å²) in [5, 5.41) is 6.55. The van der Waals surface area contributed by atoms with Crippen molar-refractivity contribution in [3.8, 4) is 0 Å². The summed E-state index contributed by atoms with van der Waals surface area (Å²) >= 11 is 0. The minimum absolute atomic E-state index is 0.0219. The lowest BCUT2D eigenvalue weighted by Crippen LogP contribution is -2.23. The van der Waals surface area contributed by atoms with E-state index in [1.165, 1.54) is 0 Å². The second-order valence-electron chi connectivity index (χ2n) is 3.10. The van der Waals surface area contributed by atoms with Crippen LogP contribution in [0.1, 0.15) is 12.5 Å². The molecule has 0 fully saturated rings. The van der Waals surface area contributed by atoms with Crippen molar-refractivity contribution in [2.24, 2.45) is 0 Å². The van der Waals surface area contributed by atoms with Crippen LogP contribution in [0.3, 0.4) is 0 Å². The third kappa shape index (κ3) is 1.48. The fraction of sp³-hybridized carbons (Fsp3) is 0.333. The molecule has 2 aromatic heterocycles. The quantitative estimate of drug-likeness (QED) is 0.767. The van der Waals surface area contributed by atoms with Crippen LogP contribution < -0.4 is 5.69 Å². The van der Waals surface area contributed by atoms with Crippen molar-refractivity contribution in [1.82, 2.24) is 19.3 Å². The molecule has 0 atom stereocenters. The van der Waals surface area contributed by atoms with Gasteiger partial charge in [-0.05, 0) is 6.92 Å². The largest absolute Gasteiger partial charge is 0.328 e. The first-order valence-electron chi connectivity index (χ1n) is 4.54. The molecule has 0 aliphatic heterocycles. The molecule has 2 heterocycles. The second-order valence-corrected chi connectivity index (χ2v) is 3.10. The van der Waals surface area contributed by atoms with Crippen LogP contribution in [0.5, 0.6) is 0 Å². The van der Waals surface area contributed by atoms with Gasteiger partial charge in [-0.2, -0.15) is 5.10 Å². The maximum absolute atomic E-state index is 11.6. The minimum atomic E-state index is 0.0219. The fourth-order valence-electron chi connectivity index (χ4n) is 1.38. The van der Waals surface area contributed by atoms with Crippen LogP contribution in [0.15, 0.2) is 29.6 Å². The Bertz CT molecular complexity index is 451. The molecule has 5 heteroatoms. The van der Waals surface area contributed by atoms with Crippen molar-refractivity contribution in [3.63, 3.8) is 0 Å². The number of H-pyrrole nitrogens is 1. The molecular weight excluding hydrogens is 180 g/mol. The summed E-state index contributed by atoms with van der Waals surface area (Å²) in [6, 6.07) is 0. The van der Waals surface area contributed by atoms with Crippen molar-refractivity contribution < 1.29 is 0 Å². The molecule has 1 N–H and O–H groups in total. The van der Waals surface area contributed by atoms with Crippen molar-refractivity contribution in [2.75, 3.05) is 0 Å². The Hall–Kier alpha value is -1.78. The molecule has 0 radical (unpaired) electrons. The van der Waals surface area contributed by atoms with Gasteiger partial charge >= 0.3 is 5.69 Å². The van der Waals surface area contributed by atoms with Crippen LogP contribution in [0.2, 0.25) is 0 Å². The van der Waals surface area contributed by atoms with Gasteiger partial charge in [-0.3, -0.25) is 14.2 Å². The Labute approximate surface area is 81.0 Å². The molecular formula is C9H12N4O. The average Bonchev–Trinajstić information content (AvgIpc) is 2.79. The van der Waals surface area contributed by atoms with Gasteiger partial charge < -0.3 is 0 Å². The van der Waals surface area contributed by atoms with E-state index < -0.39 is 0 Å². The summed E-state index contributed by atoms with van der Waals surface area (Å²) in [4.78, 5) is 11.6. The molecule has 14 heavy (non-hydrogen) atoms. The number of aromatic nitrogens is 4. The Kier molecular flexibility index (Phi) is 2.22. The number of imidazole rings is 1. The lowest BCUT2D eigenvalue weighted by Gasteiger charge is -1.97. The molecule has 0 amide bonds. The first kappa shape index (κ1) is 8.80. The van der Waals surface area contributed by atoms with Gasteiger partial charge in [-0.1, -0.05) is 0 Å². The molecule has 0 aliphatic carbocycles. The molecule has 0 bridgehead atoms. The predicted molar refractivity (Wildman–Crippen MR) is 52.1 cm³/mol. The van der Waals surface area contributed by atoms with Gasteiger partial charge in [0, 0.05) is 30.7 Å². The number of hydrogen-bond donors (Lipinski definition) is 1. The first-order chi connectivity index (χ1) is 6.81. The molecule has 0 unspecified atom stereocenters. The number of aryl methyl sites for hydroxylation is 1. The molecule has 0 aromatic carbocycles. The van der Waals surface area contributed by atoms with E-state index in [-0.39, 0.29) is 5.69 Å². The highest BCUT2D eigenvalue weighted by Crippen LogP contribution is 1.96. The van der Waals surface area contributed by atoms with E-state index in [0.717, 1.165) is 5.56 Å². The first-order valence-corrected chi connectivity index (χ1v) is 4.54. The van der Waals surface area contributed by atoms with Crippen molar-refractivity contribution in [3.05, 3.63) is 40.8 Å². The summed E-state index contributed by atoms with van der Waals surface area (Å²) in [5.74, 6) is 0. The highest BCUT2D eigenvalue weighted by molar-refractivity contribution is 5.03. The van der Waals surface area contributed by atoms with Crippen LogP contribution in [-0.4, -0.2) is 19.3 Å². The zero-order chi connectivity index (χ0) is 9.97. The van der Waals surface area contributed by atoms with Crippen LogP contribution >= 0.6 is 0 Å². The fourth-order valence-corrected chi connectivity index (χ4v) is 1.38. The molecule has 0 aliphatic rings.